The van der Waals surface area contributed by atoms with Gasteiger partial charge in [0.25, 0.3) is 0 Å². The Morgan fingerprint density at radius 1 is 1.00 bits per heavy atom. The second kappa shape index (κ2) is 12.7. The summed E-state index contributed by atoms with van der Waals surface area (Å²) in [7, 11) is 0. The van der Waals surface area contributed by atoms with Crippen LogP contribution >= 0.6 is 24.8 Å². The normalized spacial score (nSPS) is 9.06. The van der Waals surface area contributed by atoms with Crippen LogP contribution in [0.25, 0.3) is 0 Å². The van der Waals surface area contributed by atoms with E-state index in [4.69, 9.17) is 5.11 Å². The molecule has 16 heavy (non-hydrogen) atoms. The SMILES string of the molecule is Cl.Cl.OCCNCCNCc1ccncc1. The average molecular weight is 268 g/mol. The lowest BCUT2D eigenvalue weighted by Gasteiger charge is -2.05. The van der Waals surface area contributed by atoms with Crippen molar-refractivity contribution in [2.45, 2.75) is 6.54 Å². The van der Waals surface area contributed by atoms with Crippen LogP contribution in [0.15, 0.2) is 24.5 Å². The van der Waals surface area contributed by atoms with Gasteiger partial charge in [-0.3, -0.25) is 4.98 Å². The molecule has 0 aliphatic rings. The van der Waals surface area contributed by atoms with Crippen molar-refractivity contribution in [1.29, 1.82) is 0 Å². The molecular formula is C10H19Cl2N3O. The minimum absolute atomic E-state index is 0. The molecule has 1 rings (SSSR count). The summed E-state index contributed by atoms with van der Waals surface area (Å²) in [6.07, 6.45) is 3.59. The molecule has 0 saturated heterocycles. The van der Waals surface area contributed by atoms with Gasteiger partial charge in [0.05, 0.1) is 6.61 Å². The van der Waals surface area contributed by atoms with Crippen LogP contribution in [0.4, 0.5) is 0 Å². The van der Waals surface area contributed by atoms with Crippen LogP contribution in [0.1, 0.15) is 5.56 Å². The second-order valence-corrected chi connectivity index (χ2v) is 3.01. The van der Waals surface area contributed by atoms with E-state index >= 15 is 0 Å². The molecule has 1 aromatic heterocycles. The smallest absolute Gasteiger partial charge is 0.0555 e. The van der Waals surface area contributed by atoms with Crippen molar-refractivity contribution in [1.82, 2.24) is 15.6 Å². The molecule has 1 heterocycles. The molecule has 1 aromatic rings. The number of rotatable bonds is 7. The van der Waals surface area contributed by atoms with Gasteiger partial charge in [-0.15, -0.1) is 24.8 Å². The Hall–Kier alpha value is -0.390. The molecular weight excluding hydrogens is 249 g/mol. The molecule has 0 fully saturated rings. The molecule has 3 N–H and O–H groups in total. The van der Waals surface area contributed by atoms with Crippen LogP contribution in [0, 0.1) is 0 Å². The molecule has 0 spiro atoms. The molecule has 0 radical (unpaired) electrons. The largest absolute Gasteiger partial charge is 0.395 e. The van der Waals surface area contributed by atoms with E-state index in [1.165, 1.54) is 5.56 Å². The summed E-state index contributed by atoms with van der Waals surface area (Å²) in [5.74, 6) is 0. The number of aromatic nitrogens is 1. The third kappa shape index (κ3) is 8.88. The standard InChI is InChI=1S/C10H17N3O.2ClH/c14-8-7-12-5-6-13-9-10-1-3-11-4-2-10;;/h1-4,12-14H,5-9H2;2*1H. The summed E-state index contributed by atoms with van der Waals surface area (Å²) in [4.78, 5) is 3.95. The number of aliphatic hydroxyl groups is 1. The summed E-state index contributed by atoms with van der Waals surface area (Å²) in [5.41, 5.74) is 1.24. The molecule has 4 nitrogen and oxygen atoms in total. The monoisotopic (exact) mass is 267 g/mol. The summed E-state index contributed by atoms with van der Waals surface area (Å²) in [5, 5.41) is 14.9. The topological polar surface area (TPSA) is 57.2 Å². The van der Waals surface area contributed by atoms with Crippen molar-refractivity contribution in [3.05, 3.63) is 30.1 Å². The van der Waals surface area contributed by atoms with Crippen LogP contribution in [-0.4, -0.2) is 36.3 Å². The second-order valence-electron chi connectivity index (χ2n) is 3.01. The fraction of sp³-hybridized carbons (Fsp3) is 0.500. The van der Waals surface area contributed by atoms with E-state index in [1.54, 1.807) is 12.4 Å². The maximum Gasteiger partial charge on any atom is 0.0555 e. The van der Waals surface area contributed by atoms with Gasteiger partial charge in [-0.2, -0.15) is 0 Å². The summed E-state index contributed by atoms with van der Waals surface area (Å²) in [6.45, 7) is 3.51. The van der Waals surface area contributed by atoms with Gasteiger partial charge in [-0.1, -0.05) is 0 Å². The quantitative estimate of drug-likeness (QED) is 0.634. The molecule has 0 aliphatic heterocycles. The highest BCUT2D eigenvalue weighted by atomic mass is 35.5. The van der Waals surface area contributed by atoms with Crippen LogP contribution in [0.2, 0.25) is 0 Å². The minimum atomic E-state index is 0. The third-order valence-electron chi connectivity index (χ3n) is 1.85. The van der Waals surface area contributed by atoms with Gasteiger partial charge in [-0.25, -0.2) is 0 Å². The number of nitrogens with zero attached hydrogens (tertiary/aromatic N) is 1. The number of hydrogen-bond donors (Lipinski definition) is 3. The molecule has 6 heteroatoms. The van der Waals surface area contributed by atoms with Gasteiger partial charge in [0, 0.05) is 38.6 Å². The molecule has 94 valence electrons. The lowest BCUT2D eigenvalue weighted by atomic mass is 10.3. The summed E-state index contributed by atoms with van der Waals surface area (Å²) >= 11 is 0. The molecule has 0 amide bonds. The van der Waals surface area contributed by atoms with Gasteiger partial charge in [-0.05, 0) is 17.7 Å². The van der Waals surface area contributed by atoms with Crippen molar-refractivity contribution in [3.63, 3.8) is 0 Å². The van der Waals surface area contributed by atoms with Crippen molar-refractivity contribution >= 4 is 24.8 Å². The number of nitrogens with one attached hydrogen (secondary N) is 2. The van der Waals surface area contributed by atoms with E-state index in [0.717, 1.165) is 19.6 Å². The first-order valence-electron chi connectivity index (χ1n) is 4.84. The predicted molar refractivity (Wildman–Crippen MR) is 70.4 cm³/mol. The van der Waals surface area contributed by atoms with Crippen LogP contribution in [-0.2, 0) is 6.54 Å². The van der Waals surface area contributed by atoms with Crippen molar-refractivity contribution in [2.24, 2.45) is 0 Å². The van der Waals surface area contributed by atoms with Crippen molar-refractivity contribution < 1.29 is 5.11 Å². The highest BCUT2D eigenvalue weighted by Gasteiger charge is 1.90. The van der Waals surface area contributed by atoms with E-state index in [9.17, 15) is 0 Å². The molecule has 0 aliphatic carbocycles. The van der Waals surface area contributed by atoms with Gasteiger partial charge < -0.3 is 15.7 Å². The van der Waals surface area contributed by atoms with Gasteiger partial charge in [0.15, 0.2) is 0 Å². The van der Waals surface area contributed by atoms with E-state index in [1.807, 2.05) is 12.1 Å². The number of hydrogen-bond acceptors (Lipinski definition) is 4. The fourth-order valence-electron chi connectivity index (χ4n) is 1.11. The van der Waals surface area contributed by atoms with Crippen LogP contribution in [0.5, 0.6) is 0 Å². The van der Waals surface area contributed by atoms with Gasteiger partial charge >= 0.3 is 0 Å². The Morgan fingerprint density at radius 2 is 1.62 bits per heavy atom. The van der Waals surface area contributed by atoms with Crippen LogP contribution in [0.3, 0.4) is 0 Å². The Morgan fingerprint density at radius 3 is 2.25 bits per heavy atom. The zero-order valence-electron chi connectivity index (χ0n) is 9.06. The molecule has 0 aromatic carbocycles. The average Bonchev–Trinajstić information content (AvgIpc) is 2.25. The molecule has 0 bridgehead atoms. The lowest BCUT2D eigenvalue weighted by molar-refractivity contribution is 0.292. The van der Waals surface area contributed by atoms with Crippen LogP contribution < -0.4 is 10.6 Å². The Labute approximate surface area is 109 Å². The summed E-state index contributed by atoms with van der Waals surface area (Å²) in [6, 6.07) is 3.99. The first-order chi connectivity index (χ1) is 6.93. The number of aliphatic hydroxyl groups excluding tert-OH is 1. The molecule has 0 unspecified atom stereocenters. The van der Waals surface area contributed by atoms with E-state index in [0.29, 0.717) is 6.54 Å². The van der Waals surface area contributed by atoms with Gasteiger partial charge in [0.2, 0.25) is 0 Å². The highest BCUT2D eigenvalue weighted by molar-refractivity contribution is 5.85. The van der Waals surface area contributed by atoms with E-state index < -0.39 is 0 Å². The fourth-order valence-corrected chi connectivity index (χ4v) is 1.11. The maximum absolute atomic E-state index is 8.51. The highest BCUT2D eigenvalue weighted by Crippen LogP contribution is 1.93. The number of pyridine rings is 1. The Kier molecular flexibility index (Phi) is 14.3. The number of halogens is 2. The van der Waals surface area contributed by atoms with E-state index in [-0.39, 0.29) is 31.4 Å². The minimum Gasteiger partial charge on any atom is -0.395 e. The van der Waals surface area contributed by atoms with Gasteiger partial charge in [0.1, 0.15) is 0 Å². The zero-order chi connectivity index (χ0) is 10.1. The molecule has 0 atom stereocenters. The summed E-state index contributed by atoms with van der Waals surface area (Å²) < 4.78 is 0. The molecule has 0 saturated carbocycles. The zero-order valence-corrected chi connectivity index (χ0v) is 10.7. The first-order valence-corrected chi connectivity index (χ1v) is 4.84. The Balaban J connectivity index is 0. The lowest BCUT2D eigenvalue weighted by Crippen LogP contribution is -2.28. The Bertz CT molecular complexity index is 237. The maximum atomic E-state index is 8.51. The predicted octanol–water partition coefficient (Wildman–Crippen LogP) is 0.597. The van der Waals surface area contributed by atoms with Crippen molar-refractivity contribution in [2.75, 3.05) is 26.2 Å². The van der Waals surface area contributed by atoms with Crippen molar-refractivity contribution in [3.8, 4) is 0 Å². The van der Waals surface area contributed by atoms with E-state index in [2.05, 4.69) is 15.6 Å². The first kappa shape index (κ1) is 18.0. The third-order valence-corrected chi connectivity index (χ3v) is 1.85.